The summed E-state index contributed by atoms with van der Waals surface area (Å²) in [5.74, 6) is 0. The van der Waals surface area contributed by atoms with E-state index in [0.29, 0.717) is 13.2 Å². The zero-order valence-corrected chi connectivity index (χ0v) is 6.68. The van der Waals surface area contributed by atoms with Crippen molar-refractivity contribution in [2.24, 2.45) is 0 Å². The zero-order chi connectivity index (χ0) is 8.55. The lowest BCUT2D eigenvalue weighted by molar-refractivity contribution is -0.00322. The predicted molar refractivity (Wildman–Crippen MR) is 40.6 cm³/mol. The van der Waals surface area contributed by atoms with Crippen LogP contribution in [0.15, 0.2) is 12.8 Å². The molecule has 2 aliphatic heterocycles. The Morgan fingerprint density at radius 1 is 1.33 bits per heavy atom. The van der Waals surface area contributed by atoms with E-state index in [1.165, 1.54) is 6.26 Å². The highest BCUT2D eigenvalue weighted by atomic mass is 16.6. The van der Waals surface area contributed by atoms with E-state index in [4.69, 9.17) is 14.2 Å². The molecule has 0 spiro atoms. The Bertz CT molecular complexity index is 182. The molecule has 4 atom stereocenters. The van der Waals surface area contributed by atoms with Crippen LogP contribution in [0.1, 0.15) is 0 Å². The molecule has 2 fully saturated rings. The third kappa shape index (κ3) is 1.12. The van der Waals surface area contributed by atoms with Gasteiger partial charge in [-0.15, -0.1) is 0 Å². The first kappa shape index (κ1) is 8.04. The molecule has 0 aromatic rings. The van der Waals surface area contributed by atoms with E-state index < -0.39 is 6.10 Å². The largest absolute Gasteiger partial charge is 0.493 e. The second-order valence-electron chi connectivity index (χ2n) is 3.00. The minimum absolute atomic E-state index is 0.107. The van der Waals surface area contributed by atoms with Crippen molar-refractivity contribution in [3.8, 4) is 0 Å². The van der Waals surface area contributed by atoms with Gasteiger partial charge in [0.1, 0.15) is 24.4 Å². The zero-order valence-electron chi connectivity index (χ0n) is 6.68. The molecular formula is C8H12O4. The maximum absolute atomic E-state index is 9.35. The summed E-state index contributed by atoms with van der Waals surface area (Å²) in [6, 6.07) is 0. The average molecular weight is 172 g/mol. The monoisotopic (exact) mass is 172 g/mol. The number of fused-ring (bicyclic) bond motifs is 1. The average Bonchev–Trinajstić information content (AvgIpc) is 2.58. The van der Waals surface area contributed by atoms with Crippen LogP contribution in [-0.2, 0) is 14.2 Å². The molecule has 0 aromatic heterocycles. The topological polar surface area (TPSA) is 47.9 Å². The summed E-state index contributed by atoms with van der Waals surface area (Å²) in [5, 5.41) is 9.35. The van der Waals surface area contributed by atoms with Crippen molar-refractivity contribution in [3.05, 3.63) is 12.8 Å². The molecule has 12 heavy (non-hydrogen) atoms. The van der Waals surface area contributed by atoms with Gasteiger partial charge in [0.05, 0.1) is 19.5 Å². The summed E-state index contributed by atoms with van der Waals surface area (Å²) in [6.07, 6.45) is 0.427. The Kier molecular flexibility index (Phi) is 2.04. The molecular weight excluding hydrogens is 160 g/mol. The molecule has 0 amide bonds. The van der Waals surface area contributed by atoms with Gasteiger partial charge in [-0.3, -0.25) is 0 Å². The first-order valence-electron chi connectivity index (χ1n) is 4.00. The minimum atomic E-state index is -0.506. The number of ether oxygens (including phenoxy) is 3. The fraction of sp³-hybridized carbons (Fsp3) is 0.750. The van der Waals surface area contributed by atoms with E-state index >= 15 is 0 Å². The van der Waals surface area contributed by atoms with Gasteiger partial charge in [0, 0.05) is 0 Å². The SMILES string of the molecule is C=CO[C@H]1CO[C@H]2[C@@H]1OC[C@@H]2O. The quantitative estimate of drug-likeness (QED) is 0.579. The highest BCUT2D eigenvalue weighted by Crippen LogP contribution is 2.28. The molecule has 2 saturated heterocycles. The lowest BCUT2D eigenvalue weighted by atomic mass is 10.1. The van der Waals surface area contributed by atoms with Crippen molar-refractivity contribution in [2.75, 3.05) is 13.2 Å². The lowest BCUT2D eigenvalue weighted by Gasteiger charge is -2.14. The van der Waals surface area contributed by atoms with E-state index in [9.17, 15) is 5.11 Å². The molecule has 2 aliphatic rings. The fourth-order valence-corrected chi connectivity index (χ4v) is 1.68. The standard InChI is InChI=1S/C8H12O4/c1-2-10-6-4-12-7-5(9)3-11-8(6)7/h2,5-9H,1,3-4H2/t5-,6-,7+,8+/m0/s1. The Balaban J connectivity index is 2.00. The maximum atomic E-state index is 9.35. The third-order valence-electron chi connectivity index (χ3n) is 2.25. The Morgan fingerprint density at radius 2 is 2.08 bits per heavy atom. The molecule has 0 aliphatic carbocycles. The Hall–Kier alpha value is -0.580. The second kappa shape index (κ2) is 3.05. The van der Waals surface area contributed by atoms with Crippen molar-refractivity contribution >= 4 is 0 Å². The van der Waals surface area contributed by atoms with E-state index in [1.54, 1.807) is 0 Å². The number of hydrogen-bond acceptors (Lipinski definition) is 4. The maximum Gasteiger partial charge on any atom is 0.150 e. The van der Waals surface area contributed by atoms with Crippen LogP contribution < -0.4 is 0 Å². The summed E-state index contributed by atoms with van der Waals surface area (Å²) in [4.78, 5) is 0. The molecule has 68 valence electrons. The number of aliphatic hydroxyl groups is 1. The van der Waals surface area contributed by atoms with Crippen molar-refractivity contribution in [1.29, 1.82) is 0 Å². The van der Waals surface area contributed by atoms with Crippen LogP contribution in [0.5, 0.6) is 0 Å². The predicted octanol–water partition coefficient (Wildman–Crippen LogP) is -0.326. The third-order valence-corrected chi connectivity index (χ3v) is 2.25. The van der Waals surface area contributed by atoms with Crippen molar-refractivity contribution < 1.29 is 19.3 Å². The molecule has 0 saturated carbocycles. The Labute approximate surface area is 70.7 Å². The first-order chi connectivity index (χ1) is 5.83. The lowest BCUT2D eigenvalue weighted by Crippen LogP contribution is -2.31. The van der Waals surface area contributed by atoms with Crippen molar-refractivity contribution in [2.45, 2.75) is 24.4 Å². The number of hydrogen-bond donors (Lipinski definition) is 1. The van der Waals surface area contributed by atoms with Crippen molar-refractivity contribution in [1.82, 2.24) is 0 Å². The molecule has 2 heterocycles. The molecule has 4 heteroatoms. The first-order valence-corrected chi connectivity index (χ1v) is 4.00. The van der Waals surface area contributed by atoms with Gasteiger partial charge in [-0.2, -0.15) is 0 Å². The van der Waals surface area contributed by atoms with Gasteiger partial charge >= 0.3 is 0 Å². The van der Waals surface area contributed by atoms with Gasteiger partial charge in [0.2, 0.25) is 0 Å². The summed E-state index contributed by atoms with van der Waals surface area (Å²) in [6.45, 7) is 4.27. The summed E-state index contributed by atoms with van der Waals surface area (Å²) in [7, 11) is 0. The fourth-order valence-electron chi connectivity index (χ4n) is 1.68. The Morgan fingerprint density at radius 3 is 2.83 bits per heavy atom. The van der Waals surface area contributed by atoms with Gasteiger partial charge in [0.15, 0.2) is 0 Å². The molecule has 2 rings (SSSR count). The van der Waals surface area contributed by atoms with Crippen LogP contribution >= 0.6 is 0 Å². The van der Waals surface area contributed by atoms with E-state index in [1.807, 2.05) is 0 Å². The summed E-state index contributed by atoms with van der Waals surface area (Å²) >= 11 is 0. The second-order valence-corrected chi connectivity index (χ2v) is 3.00. The molecule has 0 unspecified atom stereocenters. The van der Waals surface area contributed by atoms with Crippen LogP contribution in [-0.4, -0.2) is 42.7 Å². The summed E-state index contributed by atoms with van der Waals surface area (Å²) < 4.78 is 15.8. The van der Waals surface area contributed by atoms with Gasteiger partial charge in [-0.1, -0.05) is 6.58 Å². The molecule has 0 bridgehead atoms. The number of aliphatic hydroxyl groups excluding tert-OH is 1. The van der Waals surface area contributed by atoms with Crippen LogP contribution in [0, 0.1) is 0 Å². The van der Waals surface area contributed by atoms with E-state index in [2.05, 4.69) is 6.58 Å². The minimum Gasteiger partial charge on any atom is -0.493 e. The van der Waals surface area contributed by atoms with Gasteiger partial charge in [-0.25, -0.2) is 0 Å². The number of rotatable bonds is 2. The van der Waals surface area contributed by atoms with Gasteiger partial charge in [-0.05, 0) is 0 Å². The van der Waals surface area contributed by atoms with E-state index in [0.717, 1.165) is 0 Å². The van der Waals surface area contributed by atoms with Gasteiger partial charge < -0.3 is 19.3 Å². The van der Waals surface area contributed by atoms with Gasteiger partial charge in [0.25, 0.3) is 0 Å². The smallest absolute Gasteiger partial charge is 0.150 e. The summed E-state index contributed by atoms with van der Waals surface area (Å²) in [5.41, 5.74) is 0. The normalized spacial score (nSPS) is 45.8. The van der Waals surface area contributed by atoms with E-state index in [-0.39, 0.29) is 18.3 Å². The highest BCUT2D eigenvalue weighted by molar-refractivity contribution is 4.95. The molecule has 4 nitrogen and oxygen atoms in total. The molecule has 0 radical (unpaired) electrons. The van der Waals surface area contributed by atoms with Crippen LogP contribution in [0.25, 0.3) is 0 Å². The molecule has 0 aromatic carbocycles. The van der Waals surface area contributed by atoms with Crippen LogP contribution in [0.3, 0.4) is 0 Å². The van der Waals surface area contributed by atoms with Crippen LogP contribution in [0.4, 0.5) is 0 Å². The van der Waals surface area contributed by atoms with Crippen LogP contribution in [0.2, 0.25) is 0 Å². The highest BCUT2D eigenvalue weighted by Gasteiger charge is 2.47. The molecule has 1 N–H and O–H groups in total. The van der Waals surface area contributed by atoms with Crippen molar-refractivity contribution in [3.63, 3.8) is 0 Å².